The van der Waals surface area contributed by atoms with Crippen molar-refractivity contribution >= 4 is 17.4 Å². The zero-order chi connectivity index (χ0) is 19.2. The Morgan fingerprint density at radius 2 is 1.78 bits per heavy atom. The summed E-state index contributed by atoms with van der Waals surface area (Å²) >= 11 is 0. The third-order valence-electron chi connectivity index (χ3n) is 6.18. The summed E-state index contributed by atoms with van der Waals surface area (Å²) in [5, 5.41) is 3.09. The zero-order valence-electron chi connectivity index (χ0n) is 16.2. The van der Waals surface area contributed by atoms with Gasteiger partial charge >= 0.3 is 6.03 Å². The van der Waals surface area contributed by atoms with Crippen molar-refractivity contribution in [1.82, 2.24) is 4.90 Å². The van der Waals surface area contributed by atoms with Crippen molar-refractivity contribution in [3.63, 3.8) is 0 Å². The summed E-state index contributed by atoms with van der Waals surface area (Å²) in [6.45, 7) is 6.52. The van der Waals surface area contributed by atoms with Gasteiger partial charge in [-0.15, -0.1) is 0 Å². The second-order valence-electron chi connectivity index (χ2n) is 8.03. The van der Waals surface area contributed by atoms with Gasteiger partial charge in [0.25, 0.3) is 0 Å². The van der Waals surface area contributed by atoms with Crippen LogP contribution in [0.4, 0.5) is 20.6 Å². The number of likely N-dealkylation sites (tertiary alicyclic amines) is 1. The standard InChI is InChI=1S/C22H26FN3O/c1-15-5-4-6-16(2)20(15)24-21(27)26-14-22(9-11-25(3)12-10-22)18-13-17(23)7-8-19(18)26/h4-8,13H,9-12,14H2,1-3H3,(H,24,27). The molecule has 4 rings (SSSR count). The first-order valence-corrected chi connectivity index (χ1v) is 9.53. The molecule has 0 aromatic heterocycles. The maximum atomic E-state index is 14.0. The van der Waals surface area contributed by atoms with E-state index in [1.807, 2.05) is 32.0 Å². The lowest BCUT2D eigenvalue weighted by Crippen LogP contribution is -2.45. The molecule has 2 aliphatic rings. The summed E-state index contributed by atoms with van der Waals surface area (Å²) in [7, 11) is 2.11. The van der Waals surface area contributed by atoms with E-state index in [1.54, 1.807) is 17.0 Å². The Bertz CT molecular complexity index is 867. The van der Waals surface area contributed by atoms with Crippen LogP contribution in [0.5, 0.6) is 0 Å². The number of nitrogens with one attached hydrogen (secondary N) is 1. The molecule has 1 N–H and O–H groups in total. The molecule has 2 aromatic rings. The van der Waals surface area contributed by atoms with E-state index >= 15 is 0 Å². The minimum Gasteiger partial charge on any atom is -0.307 e. The van der Waals surface area contributed by atoms with Gasteiger partial charge in [-0.25, -0.2) is 9.18 Å². The lowest BCUT2D eigenvalue weighted by Gasteiger charge is -2.38. The smallest absolute Gasteiger partial charge is 0.307 e. The van der Waals surface area contributed by atoms with Gasteiger partial charge in [-0.1, -0.05) is 18.2 Å². The van der Waals surface area contributed by atoms with Crippen molar-refractivity contribution in [3.8, 4) is 0 Å². The average Bonchev–Trinajstić information content (AvgIpc) is 2.95. The van der Waals surface area contributed by atoms with Crippen molar-refractivity contribution in [2.24, 2.45) is 0 Å². The number of para-hydroxylation sites is 1. The number of amides is 2. The molecular weight excluding hydrogens is 341 g/mol. The van der Waals surface area contributed by atoms with E-state index in [1.165, 1.54) is 6.07 Å². The van der Waals surface area contributed by atoms with E-state index in [-0.39, 0.29) is 17.3 Å². The van der Waals surface area contributed by atoms with E-state index in [0.29, 0.717) is 6.54 Å². The van der Waals surface area contributed by atoms with Gasteiger partial charge in [-0.2, -0.15) is 0 Å². The molecule has 27 heavy (non-hydrogen) atoms. The Morgan fingerprint density at radius 3 is 2.44 bits per heavy atom. The van der Waals surface area contributed by atoms with Gasteiger partial charge in [0.1, 0.15) is 5.82 Å². The molecule has 0 radical (unpaired) electrons. The number of benzene rings is 2. The molecule has 142 valence electrons. The summed E-state index contributed by atoms with van der Waals surface area (Å²) in [5.74, 6) is -0.232. The SMILES string of the molecule is Cc1cccc(C)c1NC(=O)N1CC2(CCN(C)CC2)c2cc(F)ccc21. The molecule has 0 atom stereocenters. The molecule has 5 heteroatoms. The molecule has 1 fully saturated rings. The first kappa shape index (κ1) is 18.0. The Kier molecular flexibility index (Phi) is 4.42. The first-order valence-electron chi connectivity index (χ1n) is 9.53. The highest BCUT2D eigenvalue weighted by Gasteiger charge is 2.46. The van der Waals surface area contributed by atoms with Gasteiger partial charge in [0.15, 0.2) is 0 Å². The first-order chi connectivity index (χ1) is 12.9. The number of urea groups is 1. The van der Waals surface area contributed by atoms with E-state index < -0.39 is 0 Å². The monoisotopic (exact) mass is 367 g/mol. The summed E-state index contributed by atoms with van der Waals surface area (Å²) in [4.78, 5) is 17.3. The highest BCUT2D eigenvalue weighted by atomic mass is 19.1. The van der Waals surface area contributed by atoms with Crippen molar-refractivity contribution in [2.45, 2.75) is 32.1 Å². The lowest BCUT2D eigenvalue weighted by atomic mass is 9.74. The summed E-state index contributed by atoms with van der Waals surface area (Å²) in [5.41, 5.74) is 4.60. The maximum Gasteiger partial charge on any atom is 0.326 e. The Balaban J connectivity index is 1.67. The number of halogens is 1. The van der Waals surface area contributed by atoms with Gasteiger partial charge in [0.2, 0.25) is 0 Å². The van der Waals surface area contributed by atoms with E-state index in [4.69, 9.17) is 0 Å². The van der Waals surface area contributed by atoms with Crippen LogP contribution in [0.25, 0.3) is 0 Å². The number of hydrogen-bond donors (Lipinski definition) is 1. The molecule has 2 aliphatic heterocycles. The van der Waals surface area contributed by atoms with E-state index in [0.717, 1.165) is 54.0 Å². The molecule has 0 saturated carbocycles. The topological polar surface area (TPSA) is 35.6 Å². The second-order valence-corrected chi connectivity index (χ2v) is 8.03. The number of piperidine rings is 1. The molecular formula is C22H26FN3O. The van der Waals surface area contributed by atoms with Crippen molar-refractivity contribution in [3.05, 3.63) is 58.9 Å². The van der Waals surface area contributed by atoms with Gasteiger partial charge in [0.05, 0.1) is 0 Å². The Labute approximate surface area is 160 Å². The molecule has 2 amide bonds. The van der Waals surface area contributed by atoms with Crippen LogP contribution in [0.1, 0.15) is 29.5 Å². The van der Waals surface area contributed by atoms with Crippen LogP contribution in [0, 0.1) is 19.7 Å². The molecule has 0 unspecified atom stereocenters. The van der Waals surface area contributed by atoms with E-state index in [2.05, 4.69) is 17.3 Å². The number of aryl methyl sites for hydroxylation is 2. The third kappa shape index (κ3) is 3.10. The number of carbonyl (C=O) groups excluding carboxylic acids is 1. The van der Waals surface area contributed by atoms with Crippen molar-refractivity contribution in [1.29, 1.82) is 0 Å². The normalized spacial score (nSPS) is 18.6. The average molecular weight is 367 g/mol. The van der Waals surface area contributed by atoms with Gasteiger partial charge < -0.3 is 10.2 Å². The Morgan fingerprint density at radius 1 is 1.11 bits per heavy atom. The number of anilines is 2. The minimum absolute atomic E-state index is 0.143. The van der Waals surface area contributed by atoms with Gasteiger partial charge in [0, 0.05) is 23.3 Å². The second kappa shape index (κ2) is 6.64. The number of nitrogens with zero attached hydrogens (tertiary/aromatic N) is 2. The number of fused-ring (bicyclic) bond motifs is 2. The number of hydrogen-bond acceptors (Lipinski definition) is 2. The Hall–Kier alpha value is -2.40. The van der Waals surface area contributed by atoms with Crippen molar-refractivity contribution < 1.29 is 9.18 Å². The lowest BCUT2D eigenvalue weighted by molar-refractivity contribution is 0.196. The van der Waals surface area contributed by atoms with Gasteiger partial charge in [-0.3, -0.25) is 4.90 Å². The fourth-order valence-corrected chi connectivity index (χ4v) is 4.48. The molecule has 0 aliphatic carbocycles. The molecule has 2 aromatic carbocycles. The summed E-state index contributed by atoms with van der Waals surface area (Å²) in [6.07, 6.45) is 1.88. The highest BCUT2D eigenvalue weighted by Crippen LogP contribution is 2.47. The van der Waals surface area contributed by atoms with Crippen LogP contribution in [0.2, 0.25) is 0 Å². The maximum absolute atomic E-state index is 14.0. The number of rotatable bonds is 1. The molecule has 4 nitrogen and oxygen atoms in total. The summed E-state index contributed by atoms with van der Waals surface area (Å²) in [6, 6.07) is 10.7. The van der Waals surface area contributed by atoms with Crippen LogP contribution in [-0.2, 0) is 5.41 Å². The van der Waals surface area contributed by atoms with Crippen LogP contribution in [-0.4, -0.2) is 37.6 Å². The fourth-order valence-electron chi connectivity index (χ4n) is 4.48. The third-order valence-corrected chi connectivity index (χ3v) is 6.18. The van der Waals surface area contributed by atoms with Crippen molar-refractivity contribution in [2.75, 3.05) is 36.9 Å². The minimum atomic E-state index is -0.232. The largest absolute Gasteiger partial charge is 0.326 e. The van der Waals surface area contributed by atoms with Crippen LogP contribution in [0.15, 0.2) is 36.4 Å². The summed E-state index contributed by atoms with van der Waals surface area (Å²) < 4.78 is 14.0. The van der Waals surface area contributed by atoms with Crippen LogP contribution >= 0.6 is 0 Å². The quantitative estimate of drug-likeness (QED) is 0.808. The highest BCUT2D eigenvalue weighted by molar-refractivity contribution is 6.04. The predicted octanol–water partition coefficient (Wildman–Crippen LogP) is 4.46. The zero-order valence-corrected chi connectivity index (χ0v) is 16.2. The van der Waals surface area contributed by atoms with Crippen LogP contribution < -0.4 is 10.2 Å². The molecule has 1 saturated heterocycles. The molecule has 0 bridgehead atoms. The molecule has 1 spiro atoms. The van der Waals surface area contributed by atoms with Crippen LogP contribution in [0.3, 0.4) is 0 Å². The predicted molar refractivity (Wildman–Crippen MR) is 107 cm³/mol. The van der Waals surface area contributed by atoms with E-state index in [9.17, 15) is 9.18 Å². The molecule has 2 heterocycles. The van der Waals surface area contributed by atoms with Gasteiger partial charge in [-0.05, 0) is 81.7 Å². The fraction of sp³-hybridized carbons (Fsp3) is 0.409. The number of carbonyl (C=O) groups is 1.